The molecule has 19 heavy (non-hydrogen) atoms. The van der Waals surface area contributed by atoms with E-state index in [0.29, 0.717) is 18.7 Å². The first-order valence-corrected chi connectivity index (χ1v) is 6.56. The molecular weight excluding hydrogens is 248 g/mol. The summed E-state index contributed by atoms with van der Waals surface area (Å²) in [6.45, 7) is 2.86. The quantitative estimate of drug-likeness (QED) is 0.892. The van der Waals surface area contributed by atoms with Gasteiger partial charge in [0.15, 0.2) is 0 Å². The second kappa shape index (κ2) is 5.27. The fraction of sp³-hybridized carbons (Fsp3) is 0.429. The van der Waals surface area contributed by atoms with E-state index in [4.69, 9.17) is 0 Å². The fourth-order valence-corrected chi connectivity index (χ4v) is 2.79. The third kappa shape index (κ3) is 2.35. The van der Waals surface area contributed by atoms with Crippen LogP contribution in [0.5, 0.6) is 0 Å². The van der Waals surface area contributed by atoms with Crippen LogP contribution in [-0.4, -0.2) is 42.5 Å². The van der Waals surface area contributed by atoms with Gasteiger partial charge in [0, 0.05) is 48.8 Å². The Morgan fingerprint density at radius 1 is 1.11 bits per heavy atom. The number of benzene rings is 1. The van der Waals surface area contributed by atoms with Gasteiger partial charge in [-0.2, -0.15) is 0 Å². The zero-order chi connectivity index (χ0) is 13.2. The summed E-state index contributed by atoms with van der Waals surface area (Å²) in [5.41, 5.74) is 1.62. The number of rotatable bonds is 3. The summed E-state index contributed by atoms with van der Waals surface area (Å²) >= 11 is 0. The van der Waals surface area contributed by atoms with Gasteiger partial charge in [-0.3, -0.25) is 4.90 Å². The molecule has 1 fully saturated rings. The van der Waals surface area contributed by atoms with Gasteiger partial charge in [-0.05, 0) is 6.07 Å². The number of aromatic nitrogens is 1. The van der Waals surface area contributed by atoms with Gasteiger partial charge >= 0.3 is 0 Å². The van der Waals surface area contributed by atoms with Crippen LogP contribution >= 0.6 is 0 Å². The Bertz CT molecular complexity index is 546. The minimum absolute atomic E-state index is 0.661. The van der Waals surface area contributed by atoms with E-state index in [1.807, 2.05) is 29.2 Å². The molecule has 2 heterocycles. The van der Waals surface area contributed by atoms with Gasteiger partial charge < -0.3 is 10.3 Å². The number of fused-ring (bicyclic) bond motifs is 1. The van der Waals surface area contributed by atoms with E-state index in [1.165, 1.54) is 0 Å². The summed E-state index contributed by atoms with van der Waals surface area (Å²) < 4.78 is 27.0. The molecule has 2 aromatic rings. The number of para-hydroxylation sites is 1. The average molecular weight is 265 g/mol. The zero-order valence-electron chi connectivity index (χ0n) is 10.6. The molecule has 0 spiro atoms. The Labute approximate surface area is 110 Å². The molecular formula is C14H17F2N3. The number of piperazine rings is 1. The summed E-state index contributed by atoms with van der Waals surface area (Å²) in [5.74, 6) is 0. The van der Waals surface area contributed by atoms with Crippen LogP contribution in [0, 0.1) is 0 Å². The first kappa shape index (κ1) is 12.6. The van der Waals surface area contributed by atoms with Crippen molar-refractivity contribution in [2.45, 2.75) is 12.5 Å². The number of nitrogens with one attached hydrogen (secondary N) is 2. The smallest absolute Gasteiger partial charge is 0.258 e. The highest BCUT2D eigenvalue weighted by atomic mass is 19.3. The van der Waals surface area contributed by atoms with E-state index in [2.05, 4.69) is 10.3 Å². The molecule has 0 unspecified atom stereocenters. The number of hydrogen-bond acceptors (Lipinski definition) is 2. The standard InChI is InChI=1S/C14H17F2N3/c15-14(16)13(19-7-5-17-6-8-19)11-9-18-12-4-2-1-3-10(11)12/h1-4,9,13-14,17-18H,5-8H2/t13-/m1/s1. The Morgan fingerprint density at radius 3 is 2.58 bits per heavy atom. The number of halogens is 2. The second-order valence-corrected chi connectivity index (χ2v) is 4.85. The van der Waals surface area contributed by atoms with Gasteiger partial charge in [0.2, 0.25) is 0 Å². The van der Waals surface area contributed by atoms with Crippen molar-refractivity contribution in [2.75, 3.05) is 26.2 Å². The number of aromatic amines is 1. The van der Waals surface area contributed by atoms with E-state index in [1.54, 1.807) is 6.20 Å². The molecule has 3 rings (SSSR count). The van der Waals surface area contributed by atoms with Gasteiger partial charge in [0.05, 0.1) is 6.04 Å². The Balaban J connectivity index is 1.99. The Kier molecular flexibility index (Phi) is 3.48. The van der Waals surface area contributed by atoms with Gasteiger partial charge in [0.1, 0.15) is 0 Å². The number of H-pyrrole nitrogens is 1. The van der Waals surface area contributed by atoms with E-state index in [0.717, 1.165) is 24.0 Å². The van der Waals surface area contributed by atoms with Crippen LogP contribution in [0.25, 0.3) is 10.9 Å². The summed E-state index contributed by atoms with van der Waals surface area (Å²) in [6, 6.07) is 6.79. The monoisotopic (exact) mass is 265 g/mol. The molecule has 1 atom stereocenters. The van der Waals surface area contributed by atoms with Crippen LogP contribution in [0.3, 0.4) is 0 Å². The van der Waals surface area contributed by atoms with Gasteiger partial charge in [-0.25, -0.2) is 8.78 Å². The number of hydrogen-bond donors (Lipinski definition) is 2. The highest BCUT2D eigenvalue weighted by Crippen LogP contribution is 2.32. The summed E-state index contributed by atoms with van der Waals surface area (Å²) in [6.07, 6.45) is -0.652. The lowest BCUT2D eigenvalue weighted by molar-refractivity contribution is 0.0189. The Morgan fingerprint density at radius 2 is 1.84 bits per heavy atom. The van der Waals surface area contributed by atoms with E-state index < -0.39 is 12.5 Å². The van der Waals surface area contributed by atoms with Gasteiger partial charge in [-0.15, -0.1) is 0 Å². The SMILES string of the molecule is FC(F)[C@@H](c1c[nH]c2ccccc12)N1CCNCC1. The molecule has 0 amide bonds. The molecule has 1 aromatic heterocycles. The van der Waals surface area contributed by atoms with Crippen molar-refractivity contribution in [1.82, 2.24) is 15.2 Å². The first-order chi connectivity index (χ1) is 9.27. The van der Waals surface area contributed by atoms with Crippen LogP contribution in [-0.2, 0) is 0 Å². The summed E-state index contributed by atoms with van der Waals surface area (Å²) in [5, 5.41) is 4.09. The third-order valence-corrected chi connectivity index (χ3v) is 3.72. The van der Waals surface area contributed by atoms with Crippen molar-refractivity contribution in [3.05, 3.63) is 36.0 Å². The van der Waals surface area contributed by atoms with Crippen molar-refractivity contribution in [1.29, 1.82) is 0 Å². The minimum atomic E-state index is -2.38. The lowest BCUT2D eigenvalue weighted by Gasteiger charge is -2.34. The molecule has 0 aliphatic carbocycles. The largest absolute Gasteiger partial charge is 0.361 e. The molecule has 1 aromatic carbocycles. The normalized spacial score (nSPS) is 19.1. The van der Waals surface area contributed by atoms with Crippen molar-refractivity contribution >= 4 is 10.9 Å². The maximum absolute atomic E-state index is 13.5. The summed E-state index contributed by atoms with van der Waals surface area (Å²) in [7, 11) is 0. The fourth-order valence-electron chi connectivity index (χ4n) is 2.79. The van der Waals surface area contributed by atoms with Gasteiger partial charge in [-0.1, -0.05) is 18.2 Å². The molecule has 1 saturated heterocycles. The molecule has 0 radical (unpaired) electrons. The third-order valence-electron chi connectivity index (χ3n) is 3.72. The predicted molar refractivity (Wildman–Crippen MR) is 71.5 cm³/mol. The zero-order valence-corrected chi connectivity index (χ0v) is 10.6. The van der Waals surface area contributed by atoms with Crippen molar-refractivity contribution in [2.24, 2.45) is 0 Å². The molecule has 5 heteroatoms. The van der Waals surface area contributed by atoms with Crippen LogP contribution < -0.4 is 5.32 Å². The maximum Gasteiger partial charge on any atom is 0.258 e. The second-order valence-electron chi connectivity index (χ2n) is 4.85. The Hall–Kier alpha value is -1.46. The molecule has 0 saturated carbocycles. The average Bonchev–Trinajstić information content (AvgIpc) is 2.84. The van der Waals surface area contributed by atoms with Crippen LogP contribution in [0.15, 0.2) is 30.5 Å². The molecule has 102 valence electrons. The number of nitrogens with zero attached hydrogens (tertiary/aromatic N) is 1. The van der Waals surface area contributed by atoms with Crippen LogP contribution in [0.2, 0.25) is 0 Å². The highest BCUT2D eigenvalue weighted by Gasteiger charge is 2.31. The van der Waals surface area contributed by atoms with E-state index in [-0.39, 0.29) is 0 Å². The first-order valence-electron chi connectivity index (χ1n) is 6.56. The minimum Gasteiger partial charge on any atom is -0.361 e. The highest BCUT2D eigenvalue weighted by molar-refractivity contribution is 5.83. The maximum atomic E-state index is 13.5. The van der Waals surface area contributed by atoms with Crippen molar-refractivity contribution in [3.8, 4) is 0 Å². The van der Waals surface area contributed by atoms with Crippen molar-refractivity contribution < 1.29 is 8.78 Å². The molecule has 0 bridgehead atoms. The van der Waals surface area contributed by atoms with Crippen molar-refractivity contribution in [3.63, 3.8) is 0 Å². The predicted octanol–water partition coefficient (Wildman–Crippen LogP) is 2.38. The van der Waals surface area contributed by atoms with E-state index >= 15 is 0 Å². The van der Waals surface area contributed by atoms with Crippen LogP contribution in [0.4, 0.5) is 8.78 Å². The lowest BCUT2D eigenvalue weighted by Crippen LogP contribution is -2.46. The van der Waals surface area contributed by atoms with E-state index in [9.17, 15) is 8.78 Å². The van der Waals surface area contributed by atoms with Gasteiger partial charge in [0.25, 0.3) is 6.43 Å². The molecule has 1 aliphatic rings. The molecule has 2 N–H and O–H groups in total. The topological polar surface area (TPSA) is 31.1 Å². The summed E-state index contributed by atoms with van der Waals surface area (Å²) in [4.78, 5) is 4.96. The van der Waals surface area contributed by atoms with Crippen LogP contribution in [0.1, 0.15) is 11.6 Å². The lowest BCUT2D eigenvalue weighted by atomic mass is 10.0. The molecule has 3 nitrogen and oxygen atoms in total. The number of alkyl halides is 2. The molecule has 1 aliphatic heterocycles.